The molecule has 0 bridgehead atoms. The number of primary sulfonamides is 1. The molecule has 6 aromatic heterocycles. The van der Waals surface area contributed by atoms with Crippen LogP contribution in [-0.4, -0.2) is 157 Å². The molecule has 3 amide bonds. The van der Waals surface area contributed by atoms with Gasteiger partial charge >= 0.3 is 18.2 Å². The average Bonchev–Trinajstić information content (AvgIpc) is 1.22. The van der Waals surface area contributed by atoms with Crippen LogP contribution in [-0.2, 0) is 29.5 Å². The summed E-state index contributed by atoms with van der Waals surface area (Å²) >= 11 is 12.2. The summed E-state index contributed by atoms with van der Waals surface area (Å²) in [6.45, 7) is 30.5. The quantitative estimate of drug-likeness (QED) is 0.0354. The van der Waals surface area contributed by atoms with E-state index < -0.39 is 43.1 Å². The Labute approximate surface area is 602 Å². The first kappa shape index (κ1) is 78.9. The molecule has 0 spiro atoms. The number of amides is 3. The van der Waals surface area contributed by atoms with Crippen LogP contribution in [0.15, 0.2) is 83.1 Å². The zero-order valence-electron chi connectivity index (χ0n) is 60.1. The second-order valence-corrected chi connectivity index (χ2v) is 34.1. The molecule has 552 valence electrons. The first-order valence-corrected chi connectivity index (χ1v) is 37.5. The van der Waals surface area contributed by atoms with Crippen molar-refractivity contribution >= 4 is 67.3 Å². The number of halogens is 2. The zero-order chi connectivity index (χ0) is 74.3. The van der Waals surface area contributed by atoms with E-state index >= 15 is 0 Å². The summed E-state index contributed by atoms with van der Waals surface area (Å²) in [5.74, 6) is 0.711. The van der Waals surface area contributed by atoms with Crippen molar-refractivity contribution in [2.45, 2.75) is 206 Å². The molecule has 27 nitrogen and oxygen atoms in total. The molecule has 4 aliphatic rings. The number of carbonyl (C=O) groups is 4. The smallest absolute Gasteiger partial charge is 0.410 e. The van der Waals surface area contributed by atoms with Crippen molar-refractivity contribution in [1.29, 1.82) is 0 Å². The summed E-state index contributed by atoms with van der Waals surface area (Å²) in [6.07, 6.45) is 14.6. The Bertz CT molecular complexity index is 4180. The van der Waals surface area contributed by atoms with Crippen molar-refractivity contribution in [1.82, 2.24) is 54.0 Å². The van der Waals surface area contributed by atoms with Crippen LogP contribution in [0.5, 0.6) is 23.5 Å². The Hall–Kier alpha value is -7.86. The fourth-order valence-corrected chi connectivity index (χ4v) is 13.4. The van der Waals surface area contributed by atoms with Gasteiger partial charge in [-0.1, -0.05) is 49.2 Å². The van der Waals surface area contributed by atoms with E-state index in [9.17, 15) is 36.0 Å². The number of sulfonamides is 2. The van der Waals surface area contributed by atoms with Crippen LogP contribution in [0, 0.1) is 36.5 Å². The predicted octanol–water partition coefficient (Wildman–Crippen LogP) is 12.9. The number of carbonyl (C=O) groups excluding carboxylic acids is 3. The van der Waals surface area contributed by atoms with Crippen LogP contribution < -0.4 is 28.8 Å². The van der Waals surface area contributed by atoms with Crippen molar-refractivity contribution < 1.29 is 69.5 Å². The minimum atomic E-state index is -4.38. The molecule has 10 rings (SSSR count). The number of hydrogen-bond acceptors (Lipinski definition) is 20. The van der Waals surface area contributed by atoms with Gasteiger partial charge in [-0.2, -0.15) is 13.4 Å². The number of carboxylic acid groups (broad SMARTS) is 1. The van der Waals surface area contributed by atoms with Gasteiger partial charge in [0, 0.05) is 59.8 Å². The maximum Gasteiger partial charge on any atom is 0.410 e. The molecule has 2 atom stereocenters. The SMILES string of the molecule is CC1(CCOc2ccn(-c3ccc(C(=O)O)c(Cl)n3)n2)CC1.Cc1ccc(S(=O)(=O)NC(=O)c2ccc(-n3ccc(OCCC4(C)CC4)n3)nc2Cl)nc1OCCC[C@@H]1CN(C(=O)OC(C)(C)C)C(C)(C)C1.Cc1ccc(S(N)(=O)=O)nc1OCCC[C@@H]1CN(C(=O)OC(C)(C)C)C(C)(C)C1. The number of nitrogens with zero attached hydrogens (tertiary/aromatic N) is 10. The molecular weight excluding hydrogens is 1380 g/mol. The number of likely N-dealkylation sites (tertiary alicyclic amines) is 2. The minimum Gasteiger partial charge on any atom is -0.478 e. The van der Waals surface area contributed by atoms with E-state index in [2.05, 4.69) is 57.8 Å². The van der Waals surface area contributed by atoms with E-state index in [1.807, 2.05) is 65.0 Å². The van der Waals surface area contributed by atoms with Crippen molar-refractivity contribution in [3.8, 4) is 35.2 Å². The topological polar surface area (TPSA) is 344 Å². The molecule has 8 heterocycles. The fraction of sp³-hybridized carbons (Fsp3) is 0.571. The summed E-state index contributed by atoms with van der Waals surface area (Å²) in [5, 5.41) is 21.8. The van der Waals surface area contributed by atoms with Crippen molar-refractivity contribution in [2.24, 2.45) is 27.8 Å². The van der Waals surface area contributed by atoms with E-state index in [4.69, 9.17) is 61.9 Å². The van der Waals surface area contributed by atoms with E-state index in [1.165, 1.54) is 65.4 Å². The van der Waals surface area contributed by atoms with Gasteiger partial charge in [-0.05, 0) is 219 Å². The van der Waals surface area contributed by atoms with Crippen molar-refractivity contribution in [3.63, 3.8) is 0 Å². The van der Waals surface area contributed by atoms with Gasteiger partial charge in [0.15, 0.2) is 21.7 Å². The largest absolute Gasteiger partial charge is 0.478 e. The van der Waals surface area contributed by atoms with E-state index in [1.54, 1.807) is 61.5 Å². The lowest BCUT2D eigenvalue weighted by Gasteiger charge is -2.33. The zero-order valence-corrected chi connectivity index (χ0v) is 63.2. The Balaban J connectivity index is 0.000000214. The van der Waals surface area contributed by atoms with E-state index in [-0.39, 0.29) is 72.4 Å². The molecule has 31 heteroatoms. The molecule has 0 unspecified atom stereocenters. The normalized spacial score (nSPS) is 17.9. The molecule has 2 saturated carbocycles. The fourth-order valence-electron chi connectivity index (χ4n) is 11.5. The predicted molar refractivity (Wildman–Crippen MR) is 378 cm³/mol. The third kappa shape index (κ3) is 22.8. The van der Waals surface area contributed by atoms with Gasteiger partial charge in [0.2, 0.25) is 23.5 Å². The summed E-state index contributed by atoms with van der Waals surface area (Å²) in [6, 6.07) is 15.2. The van der Waals surface area contributed by atoms with Crippen LogP contribution in [0.2, 0.25) is 10.3 Å². The summed E-state index contributed by atoms with van der Waals surface area (Å²) in [4.78, 5) is 69.3. The number of ether oxygens (including phenoxy) is 6. The van der Waals surface area contributed by atoms with Gasteiger partial charge in [-0.25, -0.2) is 57.0 Å². The van der Waals surface area contributed by atoms with Gasteiger partial charge in [0.25, 0.3) is 26.0 Å². The monoisotopic (exact) mass is 1480 g/mol. The Morgan fingerprint density at radius 2 is 0.980 bits per heavy atom. The van der Waals surface area contributed by atoms with Crippen LogP contribution in [0.3, 0.4) is 0 Å². The maximum absolute atomic E-state index is 13.2. The second-order valence-electron chi connectivity index (χ2n) is 30.3. The lowest BCUT2D eigenvalue weighted by atomic mass is 9.93. The third-order valence-electron chi connectivity index (χ3n) is 17.8. The number of carboxylic acids is 1. The molecule has 2 saturated heterocycles. The van der Waals surface area contributed by atoms with Crippen LogP contribution in [0.25, 0.3) is 11.6 Å². The summed E-state index contributed by atoms with van der Waals surface area (Å²) < 4.78 is 88.4. The van der Waals surface area contributed by atoms with Crippen LogP contribution >= 0.6 is 23.2 Å². The number of aromatic nitrogens is 8. The number of aryl methyl sites for hydroxylation is 2. The first-order valence-electron chi connectivity index (χ1n) is 33.8. The van der Waals surface area contributed by atoms with Crippen LogP contribution in [0.4, 0.5) is 9.59 Å². The number of aromatic carboxylic acids is 1. The molecule has 6 aromatic rings. The Morgan fingerprint density at radius 1 is 0.574 bits per heavy atom. The number of rotatable bonds is 25. The van der Waals surface area contributed by atoms with E-state index in [0.29, 0.717) is 91.6 Å². The molecule has 2 aliphatic heterocycles. The lowest BCUT2D eigenvalue weighted by molar-refractivity contribution is 0.0118. The molecule has 0 radical (unpaired) electrons. The third-order valence-corrected chi connectivity index (χ3v) is 20.5. The maximum atomic E-state index is 13.2. The molecule has 2 aliphatic carbocycles. The highest BCUT2D eigenvalue weighted by Crippen LogP contribution is 2.49. The minimum absolute atomic E-state index is 0.0354. The lowest BCUT2D eigenvalue weighted by Crippen LogP contribution is -2.45. The number of pyridine rings is 4. The summed E-state index contributed by atoms with van der Waals surface area (Å²) in [7, 11) is -8.25. The highest BCUT2D eigenvalue weighted by atomic mass is 35.5. The second kappa shape index (κ2) is 31.8. The van der Waals surface area contributed by atoms with Crippen LogP contribution in [0.1, 0.15) is 192 Å². The Morgan fingerprint density at radius 3 is 1.37 bits per heavy atom. The number of hydrogen-bond donors (Lipinski definition) is 3. The van der Waals surface area contributed by atoms with Gasteiger partial charge in [-0.3, -0.25) is 4.79 Å². The van der Waals surface area contributed by atoms with Gasteiger partial charge < -0.3 is 43.3 Å². The highest BCUT2D eigenvalue weighted by Gasteiger charge is 2.44. The van der Waals surface area contributed by atoms with Gasteiger partial charge in [0.1, 0.15) is 21.5 Å². The Kier molecular flexibility index (Phi) is 24.8. The number of nitrogens with two attached hydrogens (primary N) is 1. The van der Waals surface area contributed by atoms with Gasteiger partial charge in [-0.15, -0.1) is 10.2 Å². The molecule has 4 fully saturated rings. The molecule has 0 aromatic carbocycles. The summed E-state index contributed by atoms with van der Waals surface area (Å²) in [5.41, 5.74) is 0.368. The molecular formula is C70H96Cl2N12O15S2. The molecule has 101 heavy (non-hydrogen) atoms. The average molecular weight is 1480 g/mol. The highest BCUT2D eigenvalue weighted by molar-refractivity contribution is 7.90. The molecule has 4 N–H and O–H groups in total. The van der Waals surface area contributed by atoms with Crippen molar-refractivity contribution in [3.05, 3.63) is 106 Å². The number of nitrogens with one attached hydrogen (secondary N) is 1. The van der Waals surface area contributed by atoms with Gasteiger partial charge in [0.05, 0.1) is 37.6 Å². The standard InChI is InChI=1S/C35H47ClN6O7S.C20H33N3O5S.C15H16ClN3O3/c1-23-10-13-28(38-31(23)48-19-8-9-24-21-34(5,6)41(22-24)32(44)49-33(2,3)4)50(45,46)40-30(43)25-11-12-26(37-29(25)36)42-18-14-27(39-42)47-20-17-35(7)15-16-35;1-14-9-10-16(29(21,25)26)22-17(14)27-11-7-8-15-12-20(5,6)23(13-15)18(24)28-19(2,3)4;1-15(5-6-15)7-9-22-12-4-8-19(18-12)11-3-2-10(14(20)21)13(16)17-11/h10-14,18,24H,8-9,15-17,19-22H2,1-7H3,(H,40,43);9-10,15H,7-8,11-13H2,1-6H3,(H2,21,25,26);2-4,8H,5-7,9H2,1H3,(H,20,21)/t24-;15-;/m00./s1. The van der Waals surface area contributed by atoms with Crippen molar-refractivity contribution in [2.75, 3.05) is 39.5 Å². The first-order chi connectivity index (χ1) is 47.0. The van der Waals surface area contributed by atoms with E-state index in [0.717, 1.165) is 50.5 Å².